The van der Waals surface area contributed by atoms with E-state index in [0.717, 1.165) is 17.7 Å². The van der Waals surface area contributed by atoms with Crippen molar-refractivity contribution in [1.82, 2.24) is 0 Å². The Labute approximate surface area is 150 Å². The fraction of sp³-hybridized carbons (Fsp3) is 0.381. The third-order valence-electron chi connectivity index (χ3n) is 4.33. The van der Waals surface area contributed by atoms with E-state index in [9.17, 15) is 4.79 Å². The van der Waals surface area contributed by atoms with Crippen LogP contribution < -0.4 is 14.8 Å². The first-order chi connectivity index (χ1) is 12.1. The number of anilines is 1. The van der Waals surface area contributed by atoms with Crippen molar-refractivity contribution in [2.45, 2.75) is 45.6 Å². The quantitative estimate of drug-likeness (QED) is 0.734. The normalized spacial score (nSPS) is 13.0. The SMILES string of the molecule is CCC(Oc1ccccc1C(C)CC)C(=O)Nc1cccc(OC)c1. The maximum atomic E-state index is 12.6. The van der Waals surface area contributed by atoms with Gasteiger partial charge in [-0.3, -0.25) is 4.79 Å². The van der Waals surface area contributed by atoms with E-state index in [1.54, 1.807) is 13.2 Å². The minimum atomic E-state index is -0.545. The Morgan fingerprint density at radius 2 is 1.84 bits per heavy atom. The molecule has 0 spiro atoms. The number of ether oxygens (including phenoxy) is 2. The molecule has 0 aliphatic carbocycles. The lowest BCUT2D eigenvalue weighted by Crippen LogP contribution is -2.32. The largest absolute Gasteiger partial charge is 0.497 e. The number of hydrogen-bond donors (Lipinski definition) is 1. The topological polar surface area (TPSA) is 47.6 Å². The van der Waals surface area contributed by atoms with Crippen molar-refractivity contribution in [1.29, 1.82) is 0 Å². The summed E-state index contributed by atoms with van der Waals surface area (Å²) in [5, 5.41) is 2.91. The summed E-state index contributed by atoms with van der Waals surface area (Å²) in [4.78, 5) is 12.6. The van der Waals surface area contributed by atoms with Gasteiger partial charge in [0.2, 0.25) is 0 Å². The fourth-order valence-electron chi connectivity index (χ4n) is 2.61. The Morgan fingerprint density at radius 1 is 1.08 bits per heavy atom. The van der Waals surface area contributed by atoms with Crippen LogP contribution in [0.4, 0.5) is 5.69 Å². The predicted octanol–water partition coefficient (Wildman–Crippen LogP) is 5.00. The lowest BCUT2D eigenvalue weighted by molar-refractivity contribution is -0.122. The molecule has 25 heavy (non-hydrogen) atoms. The molecule has 0 bridgehead atoms. The van der Waals surface area contributed by atoms with Gasteiger partial charge in [0.05, 0.1) is 7.11 Å². The molecular formula is C21H27NO3. The van der Waals surface area contributed by atoms with Gasteiger partial charge in [-0.05, 0) is 42.5 Å². The molecule has 0 aromatic heterocycles. The second-order valence-electron chi connectivity index (χ2n) is 6.08. The summed E-state index contributed by atoms with van der Waals surface area (Å²) in [6.45, 7) is 6.26. The molecule has 0 aliphatic heterocycles. The molecule has 134 valence electrons. The lowest BCUT2D eigenvalue weighted by atomic mass is 9.98. The van der Waals surface area contributed by atoms with Gasteiger partial charge in [0.25, 0.3) is 5.91 Å². The number of methoxy groups -OCH3 is 1. The summed E-state index contributed by atoms with van der Waals surface area (Å²) in [5.74, 6) is 1.71. The Hall–Kier alpha value is -2.49. The average Bonchev–Trinajstić information content (AvgIpc) is 2.65. The Morgan fingerprint density at radius 3 is 2.52 bits per heavy atom. The minimum Gasteiger partial charge on any atom is -0.497 e. The first-order valence-electron chi connectivity index (χ1n) is 8.79. The van der Waals surface area contributed by atoms with Gasteiger partial charge < -0.3 is 14.8 Å². The highest BCUT2D eigenvalue weighted by Crippen LogP contribution is 2.29. The molecule has 0 heterocycles. The van der Waals surface area contributed by atoms with E-state index in [4.69, 9.17) is 9.47 Å². The van der Waals surface area contributed by atoms with Crippen LogP contribution in [-0.2, 0) is 4.79 Å². The number of amides is 1. The Bertz CT molecular complexity index is 699. The molecule has 0 radical (unpaired) electrons. The highest BCUT2D eigenvalue weighted by Gasteiger charge is 2.21. The van der Waals surface area contributed by atoms with Crippen LogP contribution in [0, 0.1) is 0 Å². The molecule has 1 N–H and O–H groups in total. The molecule has 2 aromatic carbocycles. The second-order valence-corrected chi connectivity index (χ2v) is 6.08. The van der Waals surface area contributed by atoms with Crippen LogP contribution in [0.15, 0.2) is 48.5 Å². The van der Waals surface area contributed by atoms with Gasteiger partial charge in [-0.25, -0.2) is 0 Å². The van der Waals surface area contributed by atoms with Gasteiger partial charge in [0.15, 0.2) is 6.10 Å². The summed E-state index contributed by atoms with van der Waals surface area (Å²) < 4.78 is 11.3. The maximum absolute atomic E-state index is 12.6. The van der Waals surface area contributed by atoms with E-state index < -0.39 is 6.10 Å². The third-order valence-corrected chi connectivity index (χ3v) is 4.33. The Kier molecular flexibility index (Phi) is 6.87. The number of rotatable bonds is 8. The van der Waals surface area contributed by atoms with E-state index in [2.05, 4.69) is 25.2 Å². The molecule has 2 atom stereocenters. The maximum Gasteiger partial charge on any atom is 0.265 e. The number of hydrogen-bond acceptors (Lipinski definition) is 3. The number of nitrogens with one attached hydrogen (secondary N) is 1. The van der Waals surface area contributed by atoms with E-state index in [1.165, 1.54) is 0 Å². The van der Waals surface area contributed by atoms with E-state index in [1.807, 2.05) is 43.3 Å². The van der Waals surface area contributed by atoms with Crippen LogP contribution in [0.3, 0.4) is 0 Å². The van der Waals surface area contributed by atoms with Gasteiger partial charge in [-0.2, -0.15) is 0 Å². The summed E-state index contributed by atoms with van der Waals surface area (Å²) in [6.07, 6.45) is 1.06. The van der Waals surface area contributed by atoms with Crippen molar-refractivity contribution < 1.29 is 14.3 Å². The summed E-state index contributed by atoms with van der Waals surface area (Å²) in [6, 6.07) is 15.2. The first-order valence-corrected chi connectivity index (χ1v) is 8.79. The predicted molar refractivity (Wildman–Crippen MR) is 101 cm³/mol. The number of para-hydroxylation sites is 1. The van der Waals surface area contributed by atoms with Gasteiger partial charge in [-0.15, -0.1) is 0 Å². The average molecular weight is 341 g/mol. The minimum absolute atomic E-state index is 0.158. The molecule has 4 heteroatoms. The smallest absolute Gasteiger partial charge is 0.265 e. The van der Waals surface area contributed by atoms with Gasteiger partial charge >= 0.3 is 0 Å². The molecule has 1 amide bonds. The summed E-state index contributed by atoms with van der Waals surface area (Å²) in [5.41, 5.74) is 1.83. The standard InChI is InChI=1S/C21H27NO3/c1-5-15(3)18-12-7-8-13-20(18)25-19(6-2)21(23)22-16-10-9-11-17(14-16)24-4/h7-15,19H,5-6H2,1-4H3,(H,22,23). The van der Waals surface area contributed by atoms with Gasteiger partial charge in [0.1, 0.15) is 11.5 Å². The van der Waals surface area contributed by atoms with Crippen molar-refractivity contribution in [2.24, 2.45) is 0 Å². The summed E-state index contributed by atoms with van der Waals surface area (Å²) >= 11 is 0. The van der Waals surface area contributed by atoms with Crippen LogP contribution in [0.1, 0.15) is 45.1 Å². The van der Waals surface area contributed by atoms with Gasteiger partial charge in [-0.1, -0.05) is 45.0 Å². The van der Waals surface area contributed by atoms with Crippen molar-refractivity contribution in [3.8, 4) is 11.5 Å². The Balaban J connectivity index is 2.13. The number of carbonyl (C=O) groups is 1. The monoisotopic (exact) mass is 341 g/mol. The van der Waals surface area contributed by atoms with Gasteiger partial charge in [0, 0.05) is 11.8 Å². The molecular weight excluding hydrogens is 314 g/mol. The molecule has 2 aromatic rings. The van der Waals surface area contributed by atoms with E-state index in [0.29, 0.717) is 23.8 Å². The number of benzene rings is 2. The second kappa shape index (κ2) is 9.11. The van der Waals surface area contributed by atoms with Crippen LogP contribution in [0.2, 0.25) is 0 Å². The molecule has 0 saturated carbocycles. The molecule has 0 fully saturated rings. The zero-order valence-corrected chi connectivity index (χ0v) is 15.4. The third kappa shape index (κ3) is 4.99. The molecule has 2 rings (SSSR count). The van der Waals surface area contributed by atoms with Crippen LogP contribution in [-0.4, -0.2) is 19.1 Å². The van der Waals surface area contributed by atoms with Crippen molar-refractivity contribution in [3.63, 3.8) is 0 Å². The zero-order valence-electron chi connectivity index (χ0n) is 15.4. The van der Waals surface area contributed by atoms with Crippen molar-refractivity contribution in [2.75, 3.05) is 12.4 Å². The van der Waals surface area contributed by atoms with E-state index >= 15 is 0 Å². The first kappa shape index (κ1) is 18.8. The van der Waals surface area contributed by atoms with Crippen molar-refractivity contribution in [3.05, 3.63) is 54.1 Å². The van der Waals surface area contributed by atoms with Crippen molar-refractivity contribution >= 4 is 11.6 Å². The summed E-state index contributed by atoms with van der Waals surface area (Å²) in [7, 11) is 1.60. The fourth-order valence-corrected chi connectivity index (χ4v) is 2.61. The molecule has 4 nitrogen and oxygen atoms in total. The van der Waals surface area contributed by atoms with E-state index in [-0.39, 0.29) is 5.91 Å². The highest BCUT2D eigenvalue weighted by molar-refractivity contribution is 5.94. The molecule has 2 unspecified atom stereocenters. The highest BCUT2D eigenvalue weighted by atomic mass is 16.5. The number of carbonyl (C=O) groups excluding carboxylic acids is 1. The van der Waals surface area contributed by atoms with Crippen LogP contribution in [0.25, 0.3) is 0 Å². The zero-order chi connectivity index (χ0) is 18.2. The lowest BCUT2D eigenvalue weighted by Gasteiger charge is -2.21. The molecule has 0 saturated heterocycles. The molecule has 0 aliphatic rings. The van der Waals surface area contributed by atoms with Crippen LogP contribution >= 0.6 is 0 Å². The van der Waals surface area contributed by atoms with Crippen LogP contribution in [0.5, 0.6) is 11.5 Å².